The maximum atomic E-state index is 14.4. The van der Waals surface area contributed by atoms with Crippen molar-refractivity contribution < 1.29 is 14.0 Å². The van der Waals surface area contributed by atoms with E-state index in [1.807, 2.05) is 31.2 Å². The number of anilines is 2. The van der Waals surface area contributed by atoms with Crippen molar-refractivity contribution >= 4 is 34.5 Å². The van der Waals surface area contributed by atoms with Gasteiger partial charge in [-0.05, 0) is 37.8 Å². The van der Waals surface area contributed by atoms with Gasteiger partial charge in [-0.25, -0.2) is 19.3 Å². The van der Waals surface area contributed by atoms with Crippen LogP contribution in [0.5, 0.6) is 0 Å². The maximum Gasteiger partial charge on any atom is 0.290 e. The Balaban J connectivity index is 1.30. The molecule has 10 heteroatoms. The van der Waals surface area contributed by atoms with Gasteiger partial charge in [0.05, 0.1) is 18.5 Å². The second-order valence-corrected chi connectivity index (χ2v) is 9.78. The quantitative estimate of drug-likeness (QED) is 0.621. The molecule has 0 atom stereocenters. The Bertz CT molecular complexity index is 1340. The van der Waals surface area contributed by atoms with Gasteiger partial charge in [0.1, 0.15) is 12.0 Å². The standard InChI is InChI=1S/C25H28FN7O2/c1-3-24(26)13-32(14-24)22(34)21-30-18-19(27-15-28-20(18)33(21)4-2)31-11-9-25(10-12-31)16-7-5-6-8-17(16)29-23(25)35/h5-8,15H,3-4,9-14H2,1-2H3,(H,29,35). The van der Waals surface area contributed by atoms with Gasteiger partial charge in [-0.15, -0.1) is 0 Å². The molecule has 0 bridgehead atoms. The molecule has 0 saturated carbocycles. The number of fused-ring (bicyclic) bond motifs is 3. The Labute approximate surface area is 202 Å². The summed E-state index contributed by atoms with van der Waals surface area (Å²) < 4.78 is 16.2. The van der Waals surface area contributed by atoms with Crippen LogP contribution in [0.3, 0.4) is 0 Å². The van der Waals surface area contributed by atoms with Crippen LogP contribution in [-0.4, -0.2) is 68.1 Å². The third-order valence-corrected chi connectivity index (χ3v) is 7.93. The number of carbonyl (C=O) groups is 2. The number of hydrogen-bond donors (Lipinski definition) is 1. The van der Waals surface area contributed by atoms with Gasteiger partial charge < -0.3 is 19.7 Å². The number of halogens is 1. The molecule has 2 amide bonds. The number of nitrogens with one attached hydrogen (secondary N) is 1. The predicted octanol–water partition coefficient (Wildman–Crippen LogP) is 2.91. The number of aromatic nitrogens is 4. The molecule has 0 radical (unpaired) electrons. The number of rotatable bonds is 4. The van der Waals surface area contributed by atoms with Gasteiger partial charge in [0.15, 0.2) is 17.0 Å². The highest BCUT2D eigenvalue weighted by atomic mass is 19.1. The van der Waals surface area contributed by atoms with Gasteiger partial charge in [-0.2, -0.15) is 0 Å². The minimum Gasteiger partial charge on any atom is -0.355 e. The predicted molar refractivity (Wildman–Crippen MR) is 129 cm³/mol. The van der Waals surface area contributed by atoms with Gasteiger partial charge in [0.25, 0.3) is 5.91 Å². The van der Waals surface area contributed by atoms with E-state index in [1.165, 1.54) is 11.2 Å². The first-order chi connectivity index (χ1) is 16.9. The summed E-state index contributed by atoms with van der Waals surface area (Å²) in [5.41, 5.74) is 1.27. The molecule has 1 spiro atoms. The lowest BCUT2D eigenvalue weighted by atomic mass is 9.73. The van der Waals surface area contributed by atoms with E-state index in [4.69, 9.17) is 0 Å². The molecule has 9 nitrogen and oxygen atoms in total. The molecular weight excluding hydrogens is 449 g/mol. The van der Waals surface area contributed by atoms with Crippen LogP contribution in [0.15, 0.2) is 30.6 Å². The zero-order chi connectivity index (χ0) is 24.4. The number of benzene rings is 1. The zero-order valence-corrected chi connectivity index (χ0v) is 19.9. The first-order valence-corrected chi connectivity index (χ1v) is 12.2. The van der Waals surface area contributed by atoms with E-state index in [9.17, 15) is 14.0 Å². The Hall–Kier alpha value is -3.56. The molecule has 3 aromatic rings. The molecule has 2 fully saturated rings. The molecule has 182 valence electrons. The van der Waals surface area contributed by atoms with Crippen molar-refractivity contribution in [1.29, 1.82) is 0 Å². The number of alkyl halides is 1. The van der Waals surface area contributed by atoms with Crippen LogP contribution < -0.4 is 10.2 Å². The van der Waals surface area contributed by atoms with E-state index < -0.39 is 11.1 Å². The summed E-state index contributed by atoms with van der Waals surface area (Å²) in [6.45, 7) is 5.67. The highest BCUT2D eigenvalue weighted by molar-refractivity contribution is 6.06. The Morgan fingerprint density at radius 3 is 2.60 bits per heavy atom. The normalized spacial score (nSPS) is 20.1. The third kappa shape index (κ3) is 3.15. The fourth-order valence-corrected chi connectivity index (χ4v) is 5.74. The van der Waals surface area contributed by atoms with E-state index >= 15 is 0 Å². The third-order valence-electron chi connectivity index (χ3n) is 7.93. The van der Waals surface area contributed by atoms with Crippen molar-refractivity contribution in [3.8, 4) is 0 Å². The summed E-state index contributed by atoms with van der Waals surface area (Å²) in [5, 5.41) is 3.04. The molecule has 5 heterocycles. The summed E-state index contributed by atoms with van der Waals surface area (Å²) in [4.78, 5) is 43.4. The molecule has 0 unspecified atom stereocenters. The van der Waals surface area contributed by atoms with E-state index in [-0.39, 0.29) is 30.7 Å². The molecule has 1 N–H and O–H groups in total. The number of para-hydroxylation sites is 1. The lowest BCUT2D eigenvalue weighted by Gasteiger charge is -2.43. The van der Waals surface area contributed by atoms with Crippen LogP contribution in [0.2, 0.25) is 0 Å². The summed E-state index contributed by atoms with van der Waals surface area (Å²) in [7, 11) is 0. The van der Waals surface area contributed by atoms with Gasteiger partial charge >= 0.3 is 0 Å². The van der Waals surface area contributed by atoms with E-state index in [2.05, 4.69) is 25.2 Å². The average molecular weight is 478 g/mol. The number of amides is 2. The first-order valence-electron chi connectivity index (χ1n) is 12.2. The van der Waals surface area contributed by atoms with Crippen LogP contribution in [0.1, 0.15) is 49.3 Å². The van der Waals surface area contributed by atoms with E-state index in [1.54, 1.807) is 11.5 Å². The van der Waals surface area contributed by atoms with E-state index in [0.29, 0.717) is 55.9 Å². The average Bonchev–Trinajstić information content (AvgIpc) is 3.37. The summed E-state index contributed by atoms with van der Waals surface area (Å²) in [5.74, 6) is 0.698. The van der Waals surface area contributed by atoms with Gasteiger partial charge in [0, 0.05) is 25.3 Å². The van der Waals surface area contributed by atoms with Crippen LogP contribution in [0.25, 0.3) is 11.2 Å². The van der Waals surface area contributed by atoms with Crippen molar-refractivity contribution in [2.75, 3.05) is 36.4 Å². The number of nitrogens with zero attached hydrogens (tertiary/aromatic N) is 6. The van der Waals surface area contributed by atoms with Gasteiger partial charge in [-0.1, -0.05) is 25.1 Å². The molecule has 6 rings (SSSR count). The van der Waals surface area contributed by atoms with Crippen LogP contribution >= 0.6 is 0 Å². The second-order valence-electron chi connectivity index (χ2n) is 9.78. The molecule has 1 aromatic carbocycles. The molecule has 3 aliphatic rings. The summed E-state index contributed by atoms with van der Waals surface area (Å²) in [6.07, 6.45) is 3.19. The van der Waals surface area contributed by atoms with Gasteiger partial charge in [-0.3, -0.25) is 9.59 Å². The minimum absolute atomic E-state index is 0.0555. The Morgan fingerprint density at radius 1 is 1.14 bits per heavy atom. The zero-order valence-electron chi connectivity index (χ0n) is 19.9. The number of likely N-dealkylation sites (tertiary alicyclic amines) is 1. The molecule has 2 saturated heterocycles. The largest absolute Gasteiger partial charge is 0.355 e. The van der Waals surface area contributed by atoms with E-state index in [0.717, 1.165) is 11.3 Å². The monoisotopic (exact) mass is 477 g/mol. The molecular formula is C25H28FN7O2. The van der Waals surface area contributed by atoms with Crippen LogP contribution in [0.4, 0.5) is 15.9 Å². The number of hydrogen-bond acceptors (Lipinski definition) is 6. The number of imidazole rings is 1. The SMILES string of the molecule is CCn1c(C(=O)N2CC(F)(CC)C2)nc2c(N3CCC4(CC3)C(=O)Nc3ccccc34)ncnc21. The number of aryl methyl sites for hydroxylation is 1. The smallest absolute Gasteiger partial charge is 0.290 e. The van der Waals surface area contributed by atoms with Crippen molar-refractivity contribution in [1.82, 2.24) is 24.4 Å². The van der Waals surface area contributed by atoms with Crippen LogP contribution in [0, 0.1) is 0 Å². The second kappa shape index (κ2) is 7.73. The minimum atomic E-state index is -1.31. The number of carbonyl (C=O) groups excluding carboxylic acids is 2. The van der Waals surface area contributed by atoms with Crippen LogP contribution in [-0.2, 0) is 16.8 Å². The summed E-state index contributed by atoms with van der Waals surface area (Å²) in [6, 6.07) is 7.89. The van der Waals surface area contributed by atoms with Gasteiger partial charge in [0.2, 0.25) is 11.7 Å². The lowest BCUT2D eigenvalue weighted by molar-refractivity contribution is -0.121. The first kappa shape index (κ1) is 21.9. The maximum absolute atomic E-state index is 14.4. The molecule has 2 aromatic heterocycles. The fraction of sp³-hybridized carbons (Fsp3) is 0.480. The highest BCUT2D eigenvalue weighted by Gasteiger charge is 2.49. The fourth-order valence-electron chi connectivity index (χ4n) is 5.74. The summed E-state index contributed by atoms with van der Waals surface area (Å²) >= 11 is 0. The molecule has 3 aliphatic heterocycles. The highest BCUT2D eigenvalue weighted by Crippen LogP contribution is 2.45. The Kier molecular flexibility index (Phi) is 4.84. The van der Waals surface area contributed by atoms with Crippen molar-refractivity contribution in [2.45, 2.75) is 50.7 Å². The van der Waals surface area contributed by atoms with Crippen molar-refractivity contribution in [3.05, 3.63) is 42.0 Å². The topological polar surface area (TPSA) is 96.2 Å². The number of piperidine rings is 1. The van der Waals surface area contributed by atoms with Crippen molar-refractivity contribution in [3.63, 3.8) is 0 Å². The Morgan fingerprint density at radius 2 is 1.89 bits per heavy atom. The molecule has 0 aliphatic carbocycles. The van der Waals surface area contributed by atoms with Crippen molar-refractivity contribution in [2.24, 2.45) is 0 Å². The lowest BCUT2D eigenvalue weighted by Crippen LogP contribution is -2.60. The molecule has 35 heavy (non-hydrogen) atoms.